The first kappa shape index (κ1) is 8.08. The molecule has 0 aromatic carbocycles. The van der Waals surface area contributed by atoms with E-state index in [0.29, 0.717) is 6.73 Å². The lowest BCUT2D eigenvalue weighted by Crippen LogP contribution is -2.16. The zero-order chi connectivity index (χ0) is 7.94. The number of allylic oxidation sites excluding steroid dienone is 4. The summed E-state index contributed by atoms with van der Waals surface area (Å²) in [4.78, 5) is 0. The van der Waals surface area contributed by atoms with Gasteiger partial charge in [-0.15, -0.1) is 0 Å². The van der Waals surface area contributed by atoms with Gasteiger partial charge in [0.25, 0.3) is 0 Å². The van der Waals surface area contributed by atoms with Crippen molar-refractivity contribution < 1.29 is 4.74 Å². The fourth-order valence-corrected chi connectivity index (χ4v) is 0.801. The van der Waals surface area contributed by atoms with Crippen LogP contribution in [0.2, 0.25) is 0 Å². The molecule has 60 valence electrons. The highest BCUT2D eigenvalue weighted by atomic mass is 16.5. The van der Waals surface area contributed by atoms with Crippen LogP contribution < -0.4 is 5.32 Å². The summed E-state index contributed by atoms with van der Waals surface area (Å²) in [5.41, 5.74) is 0. The third kappa shape index (κ3) is 3.05. The van der Waals surface area contributed by atoms with Crippen molar-refractivity contribution in [2.75, 3.05) is 13.3 Å². The first-order chi connectivity index (χ1) is 5.43. The van der Waals surface area contributed by atoms with Gasteiger partial charge in [0.2, 0.25) is 0 Å². The molecule has 0 aromatic rings. The molecule has 1 N–H and O–H groups in total. The third-order valence-electron chi connectivity index (χ3n) is 1.40. The zero-order valence-corrected chi connectivity index (χ0v) is 6.71. The lowest BCUT2D eigenvalue weighted by atomic mass is 10.4. The molecular weight excluding hydrogens is 138 g/mol. The molecule has 0 spiro atoms. The van der Waals surface area contributed by atoms with Crippen molar-refractivity contribution in [2.24, 2.45) is 0 Å². The number of hydrogen-bond acceptors (Lipinski definition) is 2. The first-order valence-electron chi connectivity index (χ1n) is 3.76. The summed E-state index contributed by atoms with van der Waals surface area (Å²) < 4.78 is 5.34. The molecule has 1 rings (SSSR count). The summed E-state index contributed by atoms with van der Waals surface area (Å²) in [6, 6.07) is 0. The normalized spacial score (nSPS) is 27.9. The summed E-state index contributed by atoms with van der Waals surface area (Å²) in [6.07, 6.45) is 9.92. The molecule has 11 heavy (non-hydrogen) atoms. The molecule has 1 heterocycles. The van der Waals surface area contributed by atoms with Gasteiger partial charge in [-0.3, -0.25) is 5.32 Å². The van der Waals surface area contributed by atoms with Crippen LogP contribution in [0.3, 0.4) is 0 Å². The van der Waals surface area contributed by atoms with Gasteiger partial charge in [0.1, 0.15) is 12.5 Å². The van der Waals surface area contributed by atoms with Crippen molar-refractivity contribution in [3.8, 4) is 0 Å². The van der Waals surface area contributed by atoms with Crippen LogP contribution in [0.5, 0.6) is 0 Å². The number of ether oxygens (including phenoxy) is 1. The zero-order valence-electron chi connectivity index (χ0n) is 6.71. The molecule has 1 aliphatic heterocycles. The van der Waals surface area contributed by atoms with Gasteiger partial charge in [-0.05, 0) is 19.1 Å². The monoisotopic (exact) mass is 151 g/mol. The van der Waals surface area contributed by atoms with Crippen molar-refractivity contribution in [1.29, 1.82) is 0 Å². The Morgan fingerprint density at radius 2 is 2.45 bits per heavy atom. The largest absolute Gasteiger partial charge is 0.479 e. The number of nitrogens with one attached hydrogen (secondary N) is 1. The fraction of sp³-hybridized carbons (Fsp3) is 0.333. The Kier molecular flexibility index (Phi) is 3.48. The Labute approximate surface area is 67.2 Å². The standard InChI is InChI=1S/C9H13NO/c1-2-9-6-4-3-5-7-10-8-11-9/h2-6,10H,7-8H2,1H3/b5-3-,6-4-,9-2+. The minimum Gasteiger partial charge on any atom is -0.479 e. The highest BCUT2D eigenvalue weighted by molar-refractivity contribution is 5.17. The molecule has 0 aliphatic carbocycles. The van der Waals surface area contributed by atoms with Crippen LogP contribution in [-0.2, 0) is 4.74 Å². The van der Waals surface area contributed by atoms with E-state index >= 15 is 0 Å². The minimum atomic E-state index is 0.578. The average molecular weight is 151 g/mol. The van der Waals surface area contributed by atoms with E-state index in [9.17, 15) is 0 Å². The maximum Gasteiger partial charge on any atom is 0.139 e. The maximum absolute atomic E-state index is 5.34. The summed E-state index contributed by atoms with van der Waals surface area (Å²) in [5, 5.41) is 3.10. The predicted molar refractivity (Wildman–Crippen MR) is 46.0 cm³/mol. The van der Waals surface area contributed by atoms with Gasteiger partial charge >= 0.3 is 0 Å². The highest BCUT2D eigenvalue weighted by Crippen LogP contribution is 1.99. The van der Waals surface area contributed by atoms with Gasteiger partial charge in [-0.2, -0.15) is 0 Å². The molecule has 0 radical (unpaired) electrons. The summed E-state index contributed by atoms with van der Waals surface area (Å²) in [5.74, 6) is 0.907. The number of hydrogen-bond donors (Lipinski definition) is 1. The lowest BCUT2D eigenvalue weighted by Gasteiger charge is -2.04. The van der Waals surface area contributed by atoms with Crippen LogP contribution in [0.25, 0.3) is 0 Å². The van der Waals surface area contributed by atoms with Crippen molar-refractivity contribution in [1.82, 2.24) is 5.32 Å². The topological polar surface area (TPSA) is 21.3 Å². The molecule has 2 heteroatoms. The molecule has 0 aromatic heterocycles. The summed E-state index contributed by atoms with van der Waals surface area (Å²) in [7, 11) is 0. The average Bonchev–Trinajstić information content (AvgIpc) is 2.16. The fourth-order valence-electron chi connectivity index (χ4n) is 0.801. The third-order valence-corrected chi connectivity index (χ3v) is 1.40. The van der Waals surface area contributed by atoms with Crippen LogP contribution in [0.15, 0.2) is 36.1 Å². The van der Waals surface area contributed by atoms with Gasteiger partial charge < -0.3 is 4.74 Å². The molecule has 0 bridgehead atoms. The predicted octanol–water partition coefficient (Wildman–Crippen LogP) is 1.58. The lowest BCUT2D eigenvalue weighted by molar-refractivity contribution is 0.203. The van der Waals surface area contributed by atoms with Crippen molar-refractivity contribution in [3.05, 3.63) is 36.1 Å². The second-order valence-corrected chi connectivity index (χ2v) is 2.22. The van der Waals surface area contributed by atoms with Crippen LogP contribution >= 0.6 is 0 Å². The van der Waals surface area contributed by atoms with Crippen LogP contribution in [0.1, 0.15) is 6.92 Å². The molecule has 0 saturated carbocycles. The van der Waals surface area contributed by atoms with Crippen LogP contribution in [0.4, 0.5) is 0 Å². The molecule has 0 fully saturated rings. The first-order valence-corrected chi connectivity index (χ1v) is 3.76. The molecule has 0 saturated heterocycles. The summed E-state index contributed by atoms with van der Waals surface area (Å²) in [6.45, 7) is 3.40. The smallest absolute Gasteiger partial charge is 0.139 e. The van der Waals surface area contributed by atoms with Gasteiger partial charge in [-0.25, -0.2) is 0 Å². The molecule has 1 aliphatic rings. The minimum absolute atomic E-state index is 0.578. The van der Waals surface area contributed by atoms with E-state index in [2.05, 4.69) is 11.4 Å². The van der Waals surface area contributed by atoms with E-state index < -0.39 is 0 Å². The quantitative estimate of drug-likeness (QED) is 0.567. The van der Waals surface area contributed by atoms with Crippen molar-refractivity contribution in [2.45, 2.75) is 6.92 Å². The molecular formula is C9H13NO. The van der Waals surface area contributed by atoms with Crippen molar-refractivity contribution >= 4 is 0 Å². The Bertz CT molecular complexity index is 192. The van der Waals surface area contributed by atoms with E-state index in [1.54, 1.807) is 0 Å². The van der Waals surface area contributed by atoms with E-state index in [1.807, 2.05) is 31.2 Å². The molecule has 0 amide bonds. The molecule has 2 nitrogen and oxygen atoms in total. The Morgan fingerprint density at radius 1 is 1.55 bits per heavy atom. The Hall–Kier alpha value is -1.02. The second kappa shape index (κ2) is 4.74. The Morgan fingerprint density at radius 3 is 3.27 bits per heavy atom. The molecule has 0 atom stereocenters. The van der Waals surface area contributed by atoms with Gasteiger partial charge in [0.05, 0.1) is 0 Å². The van der Waals surface area contributed by atoms with Crippen LogP contribution in [-0.4, -0.2) is 13.3 Å². The summed E-state index contributed by atoms with van der Waals surface area (Å²) >= 11 is 0. The maximum atomic E-state index is 5.34. The van der Waals surface area contributed by atoms with Gasteiger partial charge in [0, 0.05) is 6.54 Å². The van der Waals surface area contributed by atoms with Gasteiger partial charge in [0.15, 0.2) is 0 Å². The van der Waals surface area contributed by atoms with E-state index in [0.717, 1.165) is 12.3 Å². The van der Waals surface area contributed by atoms with E-state index in [1.165, 1.54) is 0 Å². The Balaban J connectivity index is 2.56. The molecule has 0 unspecified atom stereocenters. The number of rotatable bonds is 0. The second-order valence-electron chi connectivity index (χ2n) is 2.22. The SMILES string of the molecule is C\C=C1/C=C\C=C/CNCO1. The van der Waals surface area contributed by atoms with Crippen molar-refractivity contribution in [3.63, 3.8) is 0 Å². The van der Waals surface area contributed by atoms with Gasteiger partial charge in [-0.1, -0.05) is 18.2 Å². The highest BCUT2D eigenvalue weighted by Gasteiger charge is 1.90. The van der Waals surface area contributed by atoms with E-state index in [-0.39, 0.29) is 0 Å². The van der Waals surface area contributed by atoms with E-state index in [4.69, 9.17) is 4.74 Å². The van der Waals surface area contributed by atoms with Crippen LogP contribution in [0, 0.1) is 0 Å².